The highest BCUT2D eigenvalue weighted by molar-refractivity contribution is 7.11. The van der Waals surface area contributed by atoms with E-state index >= 15 is 0 Å². The van der Waals surface area contributed by atoms with Crippen LogP contribution in [0.2, 0.25) is 0 Å². The number of aromatic nitrogens is 1. The summed E-state index contributed by atoms with van der Waals surface area (Å²) in [6, 6.07) is 0. The molecular weight excluding hydrogens is 162 g/mol. The number of aliphatic carboxylic acids is 1. The molecule has 4 heteroatoms. The van der Waals surface area contributed by atoms with Crippen LogP contribution in [0.5, 0.6) is 0 Å². The van der Waals surface area contributed by atoms with E-state index in [9.17, 15) is 4.79 Å². The largest absolute Gasteiger partial charge is 0.481 e. The number of hydrogen-bond acceptors (Lipinski definition) is 3. The van der Waals surface area contributed by atoms with Crippen LogP contribution in [-0.4, -0.2) is 16.1 Å². The normalized spacial score (nSPS) is 10.0. The van der Waals surface area contributed by atoms with Gasteiger partial charge in [-0.25, -0.2) is 4.98 Å². The predicted octanol–water partition coefficient (Wildman–Crippen LogP) is 1.39. The number of aryl methyl sites for hydroxylation is 2. The molecular formula is C7H9NO2S. The zero-order valence-electron chi connectivity index (χ0n) is 6.42. The highest BCUT2D eigenvalue weighted by atomic mass is 32.1. The molecule has 1 aromatic heterocycles. The highest BCUT2D eigenvalue weighted by Crippen LogP contribution is 2.16. The fourth-order valence-corrected chi connectivity index (χ4v) is 1.67. The van der Waals surface area contributed by atoms with Crippen molar-refractivity contribution < 1.29 is 9.90 Å². The molecule has 0 fully saturated rings. The highest BCUT2D eigenvalue weighted by Gasteiger charge is 2.06. The summed E-state index contributed by atoms with van der Waals surface area (Å²) in [7, 11) is 0. The van der Waals surface area contributed by atoms with Crippen molar-refractivity contribution in [1.29, 1.82) is 0 Å². The summed E-state index contributed by atoms with van der Waals surface area (Å²) in [4.78, 5) is 15.4. The zero-order valence-corrected chi connectivity index (χ0v) is 7.23. The smallest absolute Gasteiger partial charge is 0.310 e. The summed E-state index contributed by atoms with van der Waals surface area (Å²) in [5.41, 5.74) is 0.936. The first-order valence-electron chi connectivity index (χ1n) is 3.24. The number of nitrogens with zero attached hydrogens (tertiary/aromatic N) is 1. The molecule has 1 N–H and O–H groups in total. The quantitative estimate of drug-likeness (QED) is 0.731. The molecule has 0 radical (unpaired) electrons. The van der Waals surface area contributed by atoms with Gasteiger partial charge in [0.2, 0.25) is 0 Å². The van der Waals surface area contributed by atoms with Gasteiger partial charge in [0.25, 0.3) is 0 Å². The molecule has 0 spiro atoms. The summed E-state index contributed by atoms with van der Waals surface area (Å²) in [6.45, 7) is 3.83. The standard InChI is InChI=1S/C7H9NO2S/c1-4-5(2)11-6(8-4)3-7(9)10/h3H2,1-2H3,(H,9,10). The van der Waals surface area contributed by atoms with Gasteiger partial charge in [0, 0.05) is 4.88 Å². The van der Waals surface area contributed by atoms with Gasteiger partial charge in [0.1, 0.15) is 5.01 Å². The van der Waals surface area contributed by atoms with Gasteiger partial charge in [0.05, 0.1) is 12.1 Å². The molecule has 0 aromatic carbocycles. The van der Waals surface area contributed by atoms with Crippen LogP contribution < -0.4 is 0 Å². The second-order valence-electron chi connectivity index (χ2n) is 2.32. The average molecular weight is 171 g/mol. The Hall–Kier alpha value is -0.900. The molecule has 0 bridgehead atoms. The lowest BCUT2D eigenvalue weighted by molar-refractivity contribution is -0.136. The third-order valence-corrected chi connectivity index (χ3v) is 2.45. The second-order valence-corrected chi connectivity index (χ2v) is 3.61. The Bertz CT molecular complexity index is 260. The fraction of sp³-hybridized carbons (Fsp3) is 0.429. The lowest BCUT2D eigenvalue weighted by Gasteiger charge is -1.84. The Morgan fingerprint density at radius 1 is 1.64 bits per heavy atom. The lowest BCUT2D eigenvalue weighted by atomic mass is 10.4. The summed E-state index contributed by atoms with van der Waals surface area (Å²) in [6.07, 6.45) is 0.0410. The van der Waals surface area contributed by atoms with Crippen molar-refractivity contribution in [1.82, 2.24) is 4.98 Å². The van der Waals surface area contributed by atoms with Crippen molar-refractivity contribution in [2.24, 2.45) is 0 Å². The predicted molar refractivity (Wildman–Crippen MR) is 42.9 cm³/mol. The van der Waals surface area contributed by atoms with Crippen molar-refractivity contribution in [3.63, 3.8) is 0 Å². The van der Waals surface area contributed by atoms with E-state index in [0.29, 0.717) is 5.01 Å². The third-order valence-electron chi connectivity index (χ3n) is 1.38. The van der Waals surface area contributed by atoms with Crippen LogP contribution in [-0.2, 0) is 11.2 Å². The molecule has 0 amide bonds. The van der Waals surface area contributed by atoms with Crippen molar-refractivity contribution in [2.45, 2.75) is 20.3 Å². The number of rotatable bonds is 2. The number of thiazole rings is 1. The molecule has 1 heterocycles. The molecule has 3 nitrogen and oxygen atoms in total. The molecule has 1 aromatic rings. The number of carboxylic acids is 1. The van der Waals surface area contributed by atoms with E-state index < -0.39 is 5.97 Å². The maximum atomic E-state index is 10.3. The van der Waals surface area contributed by atoms with Crippen LogP contribution in [0.15, 0.2) is 0 Å². The lowest BCUT2D eigenvalue weighted by Crippen LogP contribution is -1.98. The first-order valence-corrected chi connectivity index (χ1v) is 4.06. The minimum absolute atomic E-state index is 0.0410. The van der Waals surface area contributed by atoms with E-state index in [2.05, 4.69) is 4.98 Å². The van der Waals surface area contributed by atoms with Crippen molar-refractivity contribution >= 4 is 17.3 Å². The Labute approximate surface area is 68.7 Å². The summed E-state index contributed by atoms with van der Waals surface area (Å²) in [5, 5.41) is 9.12. The summed E-state index contributed by atoms with van der Waals surface area (Å²) >= 11 is 1.45. The summed E-state index contributed by atoms with van der Waals surface area (Å²) < 4.78 is 0. The van der Waals surface area contributed by atoms with Gasteiger partial charge in [0.15, 0.2) is 0 Å². The molecule has 1 rings (SSSR count). The van der Waals surface area contributed by atoms with Crippen molar-refractivity contribution in [2.75, 3.05) is 0 Å². The van der Waals surface area contributed by atoms with E-state index in [-0.39, 0.29) is 6.42 Å². The topological polar surface area (TPSA) is 50.2 Å². The monoisotopic (exact) mass is 171 g/mol. The van der Waals surface area contributed by atoms with Crippen LogP contribution in [0.3, 0.4) is 0 Å². The Kier molecular flexibility index (Phi) is 2.24. The van der Waals surface area contributed by atoms with Crippen molar-refractivity contribution in [3.05, 3.63) is 15.6 Å². The van der Waals surface area contributed by atoms with Crippen LogP contribution in [0.1, 0.15) is 15.6 Å². The molecule has 0 aliphatic carbocycles. The van der Waals surface area contributed by atoms with Gasteiger partial charge in [-0.2, -0.15) is 0 Å². The van der Waals surface area contributed by atoms with Crippen molar-refractivity contribution in [3.8, 4) is 0 Å². The van der Waals surface area contributed by atoms with E-state index in [0.717, 1.165) is 10.6 Å². The third kappa shape index (κ3) is 2.01. The van der Waals surface area contributed by atoms with Gasteiger partial charge in [-0.3, -0.25) is 4.79 Å². The maximum absolute atomic E-state index is 10.3. The van der Waals surface area contributed by atoms with Crippen LogP contribution in [0, 0.1) is 13.8 Å². The van der Waals surface area contributed by atoms with Crippen LogP contribution >= 0.6 is 11.3 Å². The minimum Gasteiger partial charge on any atom is -0.481 e. The van der Waals surface area contributed by atoms with Crippen LogP contribution in [0.4, 0.5) is 0 Å². The number of carboxylic acid groups (broad SMARTS) is 1. The summed E-state index contributed by atoms with van der Waals surface area (Å²) in [5.74, 6) is -0.821. The van der Waals surface area contributed by atoms with E-state index in [1.807, 2.05) is 13.8 Å². The molecule has 11 heavy (non-hydrogen) atoms. The Morgan fingerprint density at radius 3 is 2.64 bits per heavy atom. The first-order chi connectivity index (χ1) is 5.09. The van der Waals surface area contributed by atoms with Gasteiger partial charge >= 0.3 is 5.97 Å². The number of carbonyl (C=O) groups is 1. The molecule has 0 unspecified atom stereocenters. The molecule has 0 saturated carbocycles. The SMILES string of the molecule is Cc1nc(CC(=O)O)sc1C. The maximum Gasteiger partial charge on any atom is 0.310 e. The average Bonchev–Trinajstić information content (AvgIpc) is 2.10. The Morgan fingerprint density at radius 2 is 2.27 bits per heavy atom. The minimum atomic E-state index is -0.821. The molecule has 0 atom stereocenters. The molecule has 60 valence electrons. The molecule has 0 aliphatic rings. The number of hydrogen-bond donors (Lipinski definition) is 1. The molecule has 0 aliphatic heterocycles. The van der Waals surface area contributed by atoms with Gasteiger partial charge in [-0.15, -0.1) is 11.3 Å². The molecule has 0 saturated heterocycles. The first kappa shape index (κ1) is 8.20. The fourth-order valence-electron chi connectivity index (χ4n) is 0.744. The van der Waals surface area contributed by atoms with Gasteiger partial charge in [-0.05, 0) is 13.8 Å². The van der Waals surface area contributed by atoms with E-state index in [1.54, 1.807) is 0 Å². The Balaban J connectivity index is 2.81. The van der Waals surface area contributed by atoms with Gasteiger partial charge < -0.3 is 5.11 Å². The van der Waals surface area contributed by atoms with Gasteiger partial charge in [-0.1, -0.05) is 0 Å². The zero-order chi connectivity index (χ0) is 8.43. The van der Waals surface area contributed by atoms with E-state index in [1.165, 1.54) is 11.3 Å². The van der Waals surface area contributed by atoms with E-state index in [4.69, 9.17) is 5.11 Å². The second kappa shape index (κ2) is 3.00. The van der Waals surface area contributed by atoms with Crippen LogP contribution in [0.25, 0.3) is 0 Å².